The number of piperidine rings is 1. The first-order valence-electron chi connectivity index (χ1n) is 12.1. The fourth-order valence-electron chi connectivity index (χ4n) is 5.61. The molecule has 3 fully saturated rings. The van der Waals surface area contributed by atoms with E-state index in [0.717, 1.165) is 30.4 Å². The maximum Gasteiger partial charge on any atom is 0.226 e. The molecule has 2 aliphatic heterocycles. The number of rotatable bonds is 6. The van der Waals surface area contributed by atoms with Crippen molar-refractivity contribution in [3.63, 3.8) is 0 Å². The minimum Gasteiger partial charge on any atom is -0.474 e. The van der Waals surface area contributed by atoms with E-state index in [4.69, 9.17) is 4.74 Å². The van der Waals surface area contributed by atoms with Crippen molar-refractivity contribution in [2.24, 2.45) is 0 Å². The lowest BCUT2D eigenvalue weighted by molar-refractivity contribution is 0.0980. The van der Waals surface area contributed by atoms with Crippen LogP contribution < -0.4 is 4.74 Å². The molecule has 35 heavy (non-hydrogen) atoms. The molecule has 2 saturated heterocycles. The standard InChI is InChI=1S/C25H29FN4O3S2/c1-3-34(19-6-7-19)30-16-4-5-17(30)13-18(12-16)33-25-21-10-11-29(24(21)27-15-28-25)23-9-8-20(14-22(23)26)35(2,31)32/h3,8-11,14-19H,4-7,12-13H2,1-2H3/t16-,17-,34?/m0/s1. The molecular weight excluding hydrogens is 487 g/mol. The lowest BCUT2D eigenvalue weighted by atomic mass is 10.0. The largest absolute Gasteiger partial charge is 0.474 e. The Balaban J connectivity index is 1.26. The Labute approximate surface area is 207 Å². The Kier molecular flexibility index (Phi) is 5.73. The minimum absolute atomic E-state index is 0.0555. The van der Waals surface area contributed by atoms with E-state index in [-0.39, 0.29) is 27.4 Å². The number of hydrogen-bond donors (Lipinski definition) is 0. The van der Waals surface area contributed by atoms with Crippen LogP contribution >= 0.6 is 10.7 Å². The van der Waals surface area contributed by atoms with Crippen LogP contribution in [-0.2, 0) is 9.84 Å². The third-order valence-electron chi connectivity index (χ3n) is 7.30. The van der Waals surface area contributed by atoms with Gasteiger partial charge >= 0.3 is 0 Å². The summed E-state index contributed by atoms with van der Waals surface area (Å²) in [6, 6.07) is 6.86. The summed E-state index contributed by atoms with van der Waals surface area (Å²) in [5, 5.41) is 3.99. The average Bonchev–Trinajstić information content (AvgIpc) is 3.51. The van der Waals surface area contributed by atoms with Gasteiger partial charge in [-0.3, -0.25) is 4.57 Å². The fourth-order valence-corrected chi connectivity index (χ4v) is 8.90. The summed E-state index contributed by atoms with van der Waals surface area (Å²) in [5.74, 6) is -0.114. The highest BCUT2D eigenvalue weighted by Crippen LogP contribution is 2.51. The molecule has 0 amide bonds. The van der Waals surface area contributed by atoms with Crippen LogP contribution in [0.2, 0.25) is 0 Å². The van der Waals surface area contributed by atoms with Crippen LogP contribution in [0, 0.1) is 5.82 Å². The summed E-state index contributed by atoms with van der Waals surface area (Å²) >= 11 is 0. The summed E-state index contributed by atoms with van der Waals surface area (Å²) in [7, 11) is -3.21. The molecule has 3 atom stereocenters. The highest BCUT2D eigenvalue weighted by Gasteiger charge is 2.45. The van der Waals surface area contributed by atoms with Crippen LogP contribution in [0.25, 0.3) is 16.7 Å². The zero-order valence-electron chi connectivity index (χ0n) is 19.8. The lowest BCUT2D eigenvalue weighted by Gasteiger charge is -2.40. The Morgan fingerprint density at radius 3 is 2.49 bits per heavy atom. The number of sulfone groups is 1. The molecule has 1 unspecified atom stereocenters. The Morgan fingerprint density at radius 2 is 1.86 bits per heavy atom. The number of halogens is 1. The van der Waals surface area contributed by atoms with Crippen LogP contribution in [0.5, 0.6) is 5.88 Å². The molecule has 4 heterocycles. The quantitative estimate of drug-likeness (QED) is 0.449. The molecule has 10 heteroatoms. The van der Waals surface area contributed by atoms with Crippen molar-refractivity contribution in [2.75, 3.05) is 6.26 Å². The van der Waals surface area contributed by atoms with Gasteiger partial charge in [-0.15, -0.1) is 10.7 Å². The third kappa shape index (κ3) is 4.19. The molecular formula is C25H29FN4O3S2. The summed E-state index contributed by atoms with van der Waals surface area (Å²) in [6.07, 6.45) is 11.5. The molecule has 1 aliphatic carbocycles. The maximum absolute atomic E-state index is 14.9. The van der Waals surface area contributed by atoms with E-state index in [2.05, 4.69) is 26.6 Å². The smallest absolute Gasteiger partial charge is 0.226 e. The number of benzene rings is 1. The van der Waals surface area contributed by atoms with Gasteiger partial charge in [0.25, 0.3) is 0 Å². The third-order valence-corrected chi connectivity index (χ3v) is 11.1. The van der Waals surface area contributed by atoms with Gasteiger partial charge < -0.3 is 4.74 Å². The number of aromatic nitrogens is 3. The van der Waals surface area contributed by atoms with Gasteiger partial charge in [-0.25, -0.2) is 27.1 Å². The Hall–Kier alpha value is -2.30. The first-order valence-corrected chi connectivity index (χ1v) is 15.3. The molecule has 0 spiro atoms. The fraction of sp³-hybridized carbons (Fsp3) is 0.480. The van der Waals surface area contributed by atoms with E-state index in [1.165, 1.54) is 44.1 Å². The zero-order chi connectivity index (χ0) is 24.3. The number of ether oxygens (including phenoxy) is 1. The van der Waals surface area contributed by atoms with Crippen molar-refractivity contribution >= 4 is 36.9 Å². The van der Waals surface area contributed by atoms with Crippen molar-refractivity contribution < 1.29 is 17.5 Å². The Morgan fingerprint density at radius 1 is 1.11 bits per heavy atom. The van der Waals surface area contributed by atoms with Gasteiger partial charge in [-0.1, -0.05) is 0 Å². The van der Waals surface area contributed by atoms with Crippen molar-refractivity contribution in [1.82, 2.24) is 18.8 Å². The van der Waals surface area contributed by atoms with E-state index in [1.54, 1.807) is 10.8 Å². The van der Waals surface area contributed by atoms with Gasteiger partial charge in [-0.2, -0.15) is 0 Å². The molecule has 7 nitrogen and oxygen atoms in total. The first kappa shape index (κ1) is 23.1. The van der Waals surface area contributed by atoms with Gasteiger partial charge in [0.2, 0.25) is 5.88 Å². The molecule has 2 bridgehead atoms. The SMILES string of the molecule is C/C=S(\C1CC1)N1[C@H]2CC[C@H]1CC(Oc1ncnc3c1ccn3-c1ccc(S(C)(=O)=O)cc1F)C2. The van der Waals surface area contributed by atoms with Crippen LogP contribution in [0.15, 0.2) is 41.7 Å². The molecule has 1 saturated carbocycles. The average molecular weight is 517 g/mol. The van der Waals surface area contributed by atoms with Gasteiger partial charge in [-0.05, 0) is 62.2 Å². The molecule has 0 radical (unpaired) electrons. The molecule has 3 aromatic rings. The van der Waals surface area contributed by atoms with Crippen LogP contribution in [0.1, 0.15) is 45.4 Å². The second-order valence-corrected chi connectivity index (χ2v) is 14.0. The molecule has 186 valence electrons. The maximum atomic E-state index is 14.9. The normalized spacial score (nSPS) is 25.9. The van der Waals surface area contributed by atoms with Crippen molar-refractivity contribution in [3.8, 4) is 11.6 Å². The van der Waals surface area contributed by atoms with Crippen molar-refractivity contribution in [3.05, 3.63) is 42.6 Å². The zero-order valence-corrected chi connectivity index (χ0v) is 21.4. The Bertz CT molecular complexity index is 1420. The van der Waals surface area contributed by atoms with E-state index in [0.29, 0.717) is 29.0 Å². The summed E-state index contributed by atoms with van der Waals surface area (Å²) in [5.41, 5.74) is 0.753. The monoisotopic (exact) mass is 516 g/mol. The molecule has 3 aliphatic rings. The molecule has 6 rings (SSSR count). The molecule has 1 aromatic carbocycles. The number of fused-ring (bicyclic) bond motifs is 3. The first-order chi connectivity index (χ1) is 16.8. The number of hydrogen-bond acceptors (Lipinski definition) is 6. The van der Waals surface area contributed by atoms with E-state index in [9.17, 15) is 12.8 Å². The van der Waals surface area contributed by atoms with E-state index >= 15 is 0 Å². The van der Waals surface area contributed by atoms with Crippen molar-refractivity contribution in [2.45, 2.75) is 73.8 Å². The highest BCUT2D eigenvalue weighted by molar-refractivity contribution is 8.13. The van der Waals surface area contributed by atoms with E-state index in [1.807, 2.05) is 6.07 Å². The summed E-state index contributed by atoms with van der Waals surface area (Å²) in [4.78, 5) is 8.74. The topological polar surface area (TPSA) is 77.3 Å². The van der Waals surface area contributed by atoms with Crippen LogP contribution in [0.3, 0.4) is 0 Å². The minimum atomic E-state index is -3.49. The van der Waals surface area contributed by atoms with E-state index < -0.39 is 15.7 Å². The molecule has 0 N–H and O–H groups in total. The summed E-state index contributed by atoms with van der Waals surface area (Å²) in [6.45, 7) is 2.21. The predicted octanol–water partition coefficient (Wildman–Crippen LogP) is 4.51. The second-order valence-electron chi connectivity index (χ2n) is 9.73. The van der Waals surface area contributed by atoms with Gasteiger partial charge in [0, 0.05) is 42.6 Å². The second kappa shape index (κ2) is 8.67. The lowest BCUT2D eigenvalue weighted by Crippen LogP contribution is -2.44. The van der Waals surface area contributed by atoms with Crippen LogP contribution in [-0.4, -0.2) is 62.3 Å². The van der Waals surface area contributed by atoms with Gasteiger partial charge in [0.15, 0.2) is 15.5 Å². The molecule has 2 aromatic heterocycles. The number of nitrogens with zero attached hydrogens (tertiary/aromatic N) is 4. The van der Waals surface area contributed by atoms with Gasteiger partial charge in [0.1, 0.15) is 18.2 Å². The van der Waals surface area contributed by atoms with Crippen LogP contribution in [0.4, 0.5) is 4.39 Å². The highest BCUT2D eigenvalue weighted by atomic mass is 32.2. The van der Waals surface area contributed by atoms with Crippen molar-refractivity contribution in [1.29, 1.82) is 0 Å². The summed E-state index contributed by atoms with van der Waals surface area (Å²) < 4.78 is 49.3. The predicted molar refractivity (Wildman–Crippen MR) is 137 cm³/mol. The van der Waals surface area contributed by atoms with Gasteiger partial charge in [0.05, 0.1) is 16.0 Å².